The van der Waals surface area contributed by atoms with Crippen molar-refractivity contribution in [2.45, 2.75) is 6.92 Å². The number of benzene rings is 1. The molecular weight excluding hydrogens is 260 g/mol. The average molecular weight is 274 g/mol. The van der Waals surface area contributed by atoms with Crippen LogP contribution in [-0.2, 0) is 0 Å². The van der Waals surface area contributed by atoms with Crippen LogP contribution >= 0.6 is 0 Å². The summed E-state index contributed by atoms with van der Waals surface area (Å²) in [6.45, 7) is 2.31. The lowest BCUT2D eigenvalue weighted by Gasteiger charge is -2.11. The summed E-state index contributed by atoms with van der Waals surface area (Å²) in [4.78, 5) is 25.4. The van der Waals surface area contributed by atoms with Crippen molar-refractivity contribution in [2.75, 3.05) is 11.9 Å². The Hall–Kier alpha value is -2.76. The number of hydrogen-bond acceptors (Lipinski definition) is 4. The Morgan fingerprint density at radius 1 is 1.40 bits per heavy atom. The number of nitrogens with one attached hydrogen (secondary N) is 2. The monoisotopic (exact) mass is 274 g/mol. The van der Waals surface area contributed by atoms with E-state index in [1.807, 2.05) is 6.92 Å². The molecule has 104 valence electrons. The minimum Gasteiger partial charge on any atom is -0.507 e. The highest BCUT2D eigenvalue weighted by Gasteiger charge is 2.13. The summed E-state index contributed by atoms with van der Waals surface area (Å²) in [6, 6.07) is 7.91. The summed E-state index contributed by atoms with van der Waals surface area (Å²) in [7, 11) is 0. The maximum absolute atomic E-state index is 12.1. The predicted molar refractivity (Wildman–Crippen MR) is 74.3 cm³/mol. The maximum Gasteiger partial charge on any atom is 0.261 e. The average Bonchev–Trinajstić information content (AvgIpc) is 2.41. The molecule has 0 bridgehead atoms. The van der Waals surface area contributed by atoms with Crippen LogP contribution in [0.2, 0.25) is 0 Å². The van der Waals surface area contributed by atoms with Gasteiger partial charge in [-0.2, -0.15) is 0 Å². The number of carbonyl (C=O) groups is 1. The van der Waals surface area contributed by atoms with E-state index in [1.54, 1.807) is 24.3 Å². The zero-order valence-corrected chi connectivity index (χ0v) is 10.8. The number of aromatic hydroxyl groups is 1. The molecule has 0 aliphatic rings. The van der Waals surface area contributed by atoms with Crippen LogP contribution in [0.3, 0.4) is 0 Å². The van der Waals surface area contributed by atoms with E-state index in [9.17, 15) is 14.7 Å². The molecule has 6 heteroatoms. The minimum atomic E-state index is -0.536. The molecule has 0 saturated carbocycles. The quantitative estimate of drug-likeness (QED) is 0.791. The smallest absolute Gasteiger partial charge is 0.261 e. The van der Waals surface area contributed by atoms with Crippen LogP contribution in [0, 0.1) is 0 Å². The van der Waals surface area contributed by atoms with Crippen LogP contribution in [0.4, 0.5) is 5.69 Å². The first-order chi connectivity index (χ1) is 9.61. The Balaban J connectivity index is 2.25. The number of ether oxygens (including phenoxy) is 1. The SMILES string of the molecule is CCOc1ccccc1NC(=O)c1c[nH]c(=O)cc1O. The maximum atomic E-state index is 12.1. The third kappa shape index (κ3) is 2.97. The number of carbonyl (C=O) groups excluding carboxylic acids is 1. The van der Waals surface area contributed by atoms with E-state index in [4.69, 9.17) is 4.74 Å². The molecule has 1 heterocycles. The molecule has 0 saturated heterocycles. The van der Waals surface area contributed by atoms with E-state index in [1.165, 1.54) is 0 Å². The number of anilines is 1. The second-order valence-electron chi connectivity index (χ2n) is 3.98. The van der Waals surface area contributed by atoms with Crippen LogP contribution < -0.4 is 15.6 Å². The van der Waals surface area contributed by atoms with E-state index < -0.39 is 11.5 Å². The number of H-pyrrole nitrogens is 1. The molecule has 2 aromatic rings. The number of aromatic amines is 1. The molecule has 1 aromatic carbocycles. The molecule has 0 unspecified atom stereocenters. The fraction of sp³-hybridized carbons (Fsp3) is 0.143. The molecule has 0 atom stereocenters. The number of hydrogen-bond donors (Lipinski definition) is 3. The van der Waals surface area contributed by atoms with Crippen LogP contribution in [0.1, 0.15) is 17.3 Å². The van der Waals surface area contributed by atoms with Crippen LogP contribution in [0.25, 0.3) is 0 Å². The largest absolute Gasteiger partial charge is 0.507 e. The van der Waals surface area contributed by atoms with Crippen molar-refractivity contribution in [1.82, 2.24) is 4.98 Å². The van der Waals surface area contributed by atoms with Crippen LogP contribution in [-0.4, -0.2) is 22.6 Å². The Morgan fingerprint density at radius 2 is 2.15 bits per heavy atom. The van der Waals surface area contributed by atoms with Crippen molar-refractivity contribution in [3.8, 4) is 11.5 Å². The fourth-order valence-corrected chi connectivity index (χ4v) is 1.68. The van der Waals surface area contributed by atoms with Gasteiger partial charge in [-0.1, -0.05) is 12.1 Å². The third-order valence-electron chi connectivity index (χ3n) is 2.58. The molecule has 1 aromatic heterocycles. The molecular formula is C14H14N2O4. The summed E-state index contributed by atoms with van der Waals surface area (Å²) in [5, 5.41) is 12.2. The van der Waals surface area contributed by atoms with E-state index in [-0.39, 0.29) is 11.3 Å². The molecule has 0 aliphatic heterocycles. The topological polar surface area (TPSA) is 91.4 Å². The van der Waals surface area contributed by atoms with Crippen molar-refractivity contribution in [3.05, 3.63) is 52.4 Å². The van der Waals surface area contributed by atoms with Gasteiger partial charge in [0.25, 0.3) is 11.5 Å². The van der Waals surface area contributed by atoms with Gasteiger partial charge in [-0.15, -0.1) is 0 Å². The van der Waals surface area contributed by atoms with Gasteiger partial charge in [-0.05, 0) is 19.1 Å². The third-order valence-corrected chi connectivity index (χ3v) is 2.58. The van der Waals surface area contributed by atoms with Crippen molar-refractivity contribution in [3.63, 3.8) is 0 Å². The molecule has 0 aliphatic carbocycles. The first kappa shape index (κ1) is 13.7. The Morgan fingerprint density at radius 3 is 2.85 bits per heavy atom. The number of pyridine rings is 1. The summed E-state index contributed by atoms with van der Waals surface area (Å²) in [6.07, 6.45) is 1.16. The first-order valence-corrected chi connectivity index (χ1v) is 6.06. The lowest BCUT2D eigenvalue weighted by molar-refractivity contribution is 0.102. The summed E-state index contributed by atoms with van der Waals surface area (Å²) < 4.78 is 5.39. The van der Waals surface area contributed by atoms with Crippen molar-refractivity contribution < 1.29 is 14.6 Å². The minimum absolute atomic E-state index is 0.0177. The normalized spacial score (nSPS) is 10.1. The van der Waals surface area contributed by atoms with Gasteiger partial charge in [0, 0.05) is 12.3 Å². The number of para-hydroxylation sites is 2. The summed E-state index contributed by atoms with van der Waals surface area (Å²) >= 11 is 0. The van der Waals surface area contributed by atoms with Gasteiger partial charge in [0.05, 0.1) is 17.9 Å². The fourth-order valence-electron chi connectivity index (χ4n) is 1.68. The predicted octanol–water partition coefficient (Wildman–Crippen LogP) is 1.73. The number of amides is 1. The Labute approximate surface area is 115 Å². The van der Waals surface area contributed by atoms with Gasteiger partial charge in [-0.25, -0.2) is 0 Å². The van der Waals surface area contributed by atoms with Gasteiger partial charge in [0.15, 0.2) is 0 Å². The Bertz CT molecular complexity index is 679. The molecule has 2 rings (SSSR count). The second-order valence-corrected chi connectivity index (χ2v) is 3.98. The molecule has 3 N–H and O–H groups in total. The number of rotatable bonds is 4. The highest BCUT2D eigenvalue weighted by atomic mass is 16.5. The van der Waals surface area contributed by atoms with E-state index in [0.717, 1.165) is 12.3 Å². The Kier molecular flexibility index (Phi) is 4.05. The molecule has 1 amide bonds. The van der Waals surface area contributed by atoms with E-state index >= 15 is 0 Å². The van der Waals surface area contributed by atoms with Crippen LogP contribution in [0.5, 0.6) is 11.5 Å². The van der Waals surface area contributed by atoms with E-state index in [2.05, 4.69) is 10.3 Å². The number of aromatic nitrogens is 1. The van der Waals surface area contributed by atoms with E-state index in [0.29, 0.717) is 18.0 Å². The summed E-state index contributed by atoms with van der Waals surface area (Å²) in [5.74, 6) is -0.377. The van der Waals surface area contributed by atoms with Gasteiger partial charge in [-0.3, -0.25) is 9.59 Å². The van der Waals surface area contributed by atoms with Gasteiger partial charge in [0.1, 0.15) is 11.5 Å². The highest BCUT2D eigenvalue weighted by Crippen LogP contribution is 2.25. The molecule has 20 heavy (non-hydrogen) atoms. The molecule has 0 spiro atoms. The standard InChI is InChI=1S/C14H14N2O4/c1-2-20-12-6-4-3-5-10(12)16-14(19)9-8-15-13(18)7-11(9)17/h3-8H,2H2,1H3,(H,16,19)(H2,15,17,18). The van der Waals surface area contributed by atoms with Crippen LogP contribution in [0.15, 0.2) is 41.3 Å². The molecule has 0 radical (unpaired) electrons. The molecule has 6 nitrogen and oxygen atoms in total. The van der Waals surface area contributed by atoms with Crippen molar-refractivity contribution >= 4 is 11.6 Å². The molecule has 0 fully saturated rings. The van der Waals surface area contributed by atoms with Gasteiger partial charge < -0.3 is 20.1 Å². The second kappa shape index (κ2) is 5.92. The lowest BCUT2D eigenvalue weighted by atomic mass is 10.2. The summed E-state index contributed by atoms with van der Waals surface area (Å²) in [5.41, 5.74) is -0.00498. The van der Waals surface area contributed by atoms with Gasteiger partial charge >= 0.3 is 0 Å². The van der Waals surface area contributed by atoms with Crippen molar-refractivity contribution in [2.24, 2.45) is 0 Å². The zero-order valence-electron chi connectivity index (χ0n) is 10.8. The van der Waals surface area contributed by atoms with Gasteiger partial charge in [0.2, 0.25) is 0 Å². The zero-order chi connectivity index (χ0) is 14.5. The lowest BCUT2D eigenvalue weighted by Crippen LogP contribution is -2.15. The van der Waals surface area contributed by atoms with Crippen molar-refractivity contribution in [1.29, 1.82) is 0 Å². The first-order valence-electron chi connectivity index (χ1n) is 6.06. The highest BCUT2D eigenvalue weighted by molar-refractivity contribution is 6.06.